The Morgan fingerprint density at radius 1 is 0.788 bits per heavy atom. The van der Waals surface area contributed by atoms with Crippen LogP contribution in [-0.4, -0.2) is 0 Å². The summed E-state index contributed by atoms with van der Waals surface area (Å²) in [6.07, 6.45) is 13.7. The third kappa shape index (κ3) is 3.76. The zero-order valence-electron chi connectivity index (χ0n) is 20.6. The summed E-state index contributed by atoms with van der Waals surface area (Å²) in [5.41, 5.74) is 9.44. The quantitative estimate of drug-likeness (QED) is 0.218. The van der Waals surface area contributed by atoms with Crippen molar-refractivity contribution in [3.63, 3.8) is 0 Å². The van der Waals surface area contributed by atoms with Gasteiger partial charge in [-0.25, -0.2) is 4.57 Å². The molecule has 0 amide bonds. The Kier molecular flexibility index (Phi) is 5.78. The van der Waals surface area contributed by atoms with E-state index < -0.39 is 0 Å². The zero-order chi connectivity index (χ0) is 23.0. The molecule has 4 aromatic rings. The molecular weight excluding hydrogens is 400 g/mol. The van der Waals surface area contributed by atoms with E-state index in [1.807, 2.05) is 0 Å². The van der Waals surface area contributed by atoms with Gasteiger partial charge in [-0.15, -0.1) is 0 Å². The lowest BCUT2D eigenvalue weighted by Crippen LogP contribution is -2.36. The number of rotatable bonds is 7. The summed E-state index contributed by atoms with van der Waals surface area (Å²) < 4.78 is 4.81. The van der Waals surface area contributed by atoms with E-state index in [1.54, 1.807) is 0 Å². The minimum Gasteiger partial charge on any atom is -0.205 e. The second kappa shape index (κ2) is 8.74. The van der Waals surface area contributed by atoms with Gasteiger partial charge in [0.1, 0.15) is 6.54 Å². The topological polar surface area (TPSA) is 7.76 Å². The molecule has 168 valence electrons. The fourth-order valence-electron chi connectivity index (χ4n) is 5.54. The normalized spacial score (nSPS) is 13.8. The third-order valence-electron chi connectivity index (χ3n) is 7.49. The lowest BCUT2D eigenvalue weighted by Gasteiger charge is -2.19. The first-order valence-corrected chi connectivity index (χ1v) is 12.6. The third-order valence-corrected chi connectivity index (χ3v) is 7.49. The highest BCUT2D eigenvalue weighted by molar-refractivity contribution is 5.99. The maximum Gasteiger partial charge on any atom is 0.219 e. The number of hydrogen-bond acceptors (Lipinski definition) is 0. The molecule has 0 bridgehead atoms. The number of fused-ring (bicyclic) bond motifs is 5. The van der Waals surface area contributed by atoms with Gasteiger partial charge < -0.3 is 0 Å². The molecule has 0 saturated carbocycles. The maximum absolute atomic E-state index is 2.42. The maximum atomic E-state index is 2.42. The van der Waals surface area contributed by atoms with Crippen molar-refractivity contribution < 1.29 is 9.13 Å². The fraction of sp³-hybridized carbons (Fsp3) is 0.355. The van der Waals surface area contributed by atoms with E-state index in [1.165, 1.54) is 76.5 Å². The molecule has 0 unspecified atom stereocenters. The van der Waals surface area contributed by atoms with Gasteiger partial charge in [-0.1, -0.05) is 70.4 Å². The highest BCUT2D eigenvalue weighted by Crippen LogP contribution is 2.50. The molecule has 5 rings (SSSR count). The second-order valence-electron chi connectivity index (χ2n) is 10.1. The fourth-order valence-corrected chi connectivity index (χ4v) is 5.54. The summed E-state index contributed by atoms with van der Waals surface area (Å²) in [5.74, 6) is 0. The average Bonchev–Trinajstić information content (AvgIpc) is 3.05. The Labute approximate surface area is 198 Å². The van der Waals surface area contributed by atoms with Crippen molar-refractivity contribution in [3.05, 3.63) is 89.9 Å². The molecule has 2 aromatic heterocycles. The highest BCUT2D eigenvalue weighted by atomic mass is 15.0. The van der Waals surface area contributed by atoms with Crippen molar-refractivity contribution in [2.45, 2.75) is 71.8 Å². The van der Waals surface area contributed by atoms with Crippen LogP contribution in [-0.2, 0) is 12.0 Å². The van der Waals surface area contributed by atoms with Crippen molar-refractivity contribution in [2.24, 2.45) is 0 Å². The number of para-hydroxylation sites is 2. The van der Waals surface area contributed by atoms with Crippen LogP contribution in [0.1, 0.15) is 69.6 Å². The first kappa shape index (κ1) is 21.8. The van der Waals surface area contributed by atoms with Crippen LogP contribution < -0.4 is 9.13 Å². The Morgan fingerprint density at radius 2 is 1.55 bits per heavy atom. The number of aromatic nitrogens is 2. The van der Waals surface area contributed by atoms with E-state index in [-0.39, 0.29) is 5.41 Å². The van der Waals surface area contributed by atoms with Gasteiger partial charge in [0, 0.05) is 52.3 Å². The van der Waals surface area contributed by atoms with Crippen molar-refractivity contribution in [1.29, 1.82) is 0 Å². The average molecular weight is 437 g/mol. The molecule has 0 N–H and O–H groups in total. The van der Waals surface area contributed by atoms with Crippen LogP contribution >= 0.6 is 0 Å². The van der Waals surface area contributed by atoms with Crippen LogP contribution in [0.25, 0.3) is 27.7 Å². The first-order valence-electron chi connectivity index (χ1n) is 12.6. The van der Waals surface area contributed by atoms with Gasteiger partial charge in [0.25, 0.3) is 0 Å². The predicted octanol–water partition coefficient (Wildman–Crippen LogP) is 6.99. The first-order chi connectivity index (χ1) is 16.0. The SMILES string of the molecule is CCCCCCC[n+]1ccc2c(c1)C(C)(C)c1c[n+](-c3ccccc3C)c3ccccc3c1-2. The van der Waals surface area contributed by atoms with Gasteiger partial charge in [0.15, 0.2) is 18.6 Å². The molecular formula is C31H36N2+2. The van der Waals surface area contributed by atoms with Crippen molar-refractivity contribution >= 4 is 10.9 Å². The number of unbranched alkanes of at least 4 members (excludes halogenated alkanes) is 4. The predicted molar refractivity (Wildman–Crippen MR) is 137 cm³/mol. The minimum absolute atomic E-state index is 0.0373. The molecule has 0 spiro atoms. The summed E-state index contributed by atoms with van der Waals surface area (Å²) in [6, 6.07) is 19.9. The lowest BCUT2D eigenvalue weighted by atomic mass is 9.83. The molecule has 2 heterocycles. The number of benzene rings is 2. The summed E-state index contributed by atoms with van der Waals surface area (Å²) in [6.45, 7) is 10.4. The van der Waals surface area contributed by atoms with Crippen molar-refractivity contribution in [1.82, 2.24) is 0 Å². The van der Waals surface area contributed by atoms with Gasteiger partial charge in [-0.05, 0) is 25.0 Å². The van der Waals surface area contributed by atoms with E-state index in [4.69, 9.17) is 0 Å². The van der Waals surface area contributed by atoms with Crippen LogP contribution in [0.4, 0.5) is 0 Å². The molecule has 2 nitrogen and oxygen atoms in total. The molecule has 1 aliphatic rings. The van der Waals surface area contributed by atoms with E-state index >= 15 is 0 Å². The molecule has 0 aliphatic heterocycles. The molecule has 0 radical (unpaired) electrons. The molecule has 0 saturated heterocycles. The second-order valence-corrected chi connectivity index (χ2v) is 10.1. The largest absolute Gasteiger partial charge is 0.219 e. The number of nitrogens with zero attached hydrogens (tertiary/aromatic N) is 2. The number of pyridine rings is 2. The number of hydrogen-bond donors (Lipinski definition) is 0. The van der Waals surface area contributed by atoms with Crippen molar-refractivity contribution in [3.8, 4) is 16.8 Å². The molecule has 2 heteroatoms. The smallest absolute Gasteiger partial charge is 0.205 e. The van der Waals surface area contributed by atoms with Gasteiger partial charge in [0.05, 0.1) is 5.39 Å². The van der Waals surface area contributed by atoms with Crippen LogP contribution in [0.3, 0.4) is 0 Å². The monoisotopic (exact) mass is 436 g/mol. The van der Waals surface area contributed by atoms with Crippen LogP contribution in [0.5, 0.6) is 0 Å². The summed E-state index contributed by atoms with van der Waals surface area (Å²) >= 11 is 0. The van der Waals surface area contributed by atoms with Gasteiger partial charge in [0.2, 0.25) is 11.2 Å². The van der Waals surface area contributed by atoms with E-state index in [2.05, 4.69) is 110 Å². The Balaban J connectivity index is 1.62. The van der Waals surface area contributed by atoms with E-state index in [9.17, 15) is 0 Å². The summed E-state index contributed by atoms with van der Waals surface area (Å²) in [7, 11) is 0. The standard InChI is InChI=1S/C31H36N2/c1-5-6-7-8-13-19-32-20-18-24-26(21-32)31(3,4)27-22-33(28-16-11-9-14-23(28)2)29-17-12-10-15-25(29)30(24)27/h9-12,14-18,20-22H,5-8,13,19H2,1-4H3/q+2. The van der Waals surface area contributed by atoms with Gasteiger partial charge in [-0.2, -0.15) is 4.57 Å². The molecule has 33 heavy (non-hydrogen) atoms. The van der Waals surface area contributed by atoms with Crippen molar-refractivity contribution in [2.75, 3.05) is 0 Å². The molecule has 0 fully saturated rings. The molecule has 0 atom stereocenters. The Hall–Kier alpha value is -3.00. The van der Waals surface area contributed by atoms with Crippen LogP contribution in [0.2, 0.25) is 0 Å². The number of aryl methyl sites for hydroxylation is 2. The van der Waals surface area contributed by atoms with Crippen LogP contribution in [0.15, 0.2) is 73.2 Å². The van der Waals surface area contributed by atoms with Gasteiger partial charge in [-0.3, -0.25) is 0 Å². The Morgan fingerprint density at radius 3 is 2.36 bits per heavy atom. The van der Waals surface area contributed by atoms with E-state index in [0.717, 1.165) is 6.54 Å². The minimum atomic E-state index is -0.0373. The van der Waals surface area contributed by atoms with Crippen LogP contribution in [0, 0.1) is 6.92 Å². The lowest BCUT2D eigenvalue weighted by molar-refractivity contribution is -0.697. The molecule has 1 aliphatic carbocycles. The highest BCUT2D eigenvalue weighted by Gasteiger charge is 2.42. The van der Waals surface area contributed by atoms with Gasteiger partial charge >= 0.3 is 0 Å². The Bertz CT molecular complexity index is 1320. The summed E-state index contributed by atoms with van der Waals surface area (Å²) in [5, 5.41) is 1.34. The van der Waals surface area contributed by atoms with E-state index in [0.29, 0.717) is 0 Å². The zero-order valence-corrected chi connectivity index (χ0v) is 20.6. The molecule has 2 aromatic carbocycles. The summed E-state index contributed by atoms with van der Waals surface area (Å²) in [4.78, 5) is 0.